The number of hydrogen-bond acceptors (Lipinski definition) is 5. The quantitative estimate of drug-likeness (QED) is 0.841. The molecule has 0 aromatic carbocycles. The fourth-order valence-corrected chi connectivity index (χ4v) is 3.06. The van der Waals surface area contributed by atoms with E-state index in [1.165, 1.54) is 6.42 Å². The van der Waals surface area contributed by atoms with E-state index in [0.717, 1.165) is 52.2 Å². The Bertz CT molecular complexity index is 482. The molecule has 3 rings (SSSR count). The minimum absolute atomic E-state index is 0.0224. The minimum atomic E-state index is -0.0224. The average Bonchev–Trinajstić information content (AvgIpc) is 3.07. The van der Waals surface area contributed by atoms with E-state index in [-0.39, 0.29) is 5.91 Å². The van der Waals surface area contributed by atoms with Crippen molar-refractivity contribution in [3.8, 4) is 0 Å². The van der Waals surface area contributed by atoms with Crippen molar-refractivity contribution in [2.75, 3.05) is 39.3 Å². The molecule has 0 spiro atoms. The van der Waals surface area contributed by atoms with Crippen LogP contribution in [-0.2, 0) is 4.74 Å². The molecule has 0 unspecified atom stereocenters. The van der Waals surface area contributed by atoms with E-state index >= 15 is 0 Å². The zero-order valence-electron chi connectivity index (χ0n) is 12.6. The Morgan fingerprint density at radius 2 is 2.24 bits per heavy atom. The largest absolute Gasteiger partial charge is 0.377 e. The Labute approximate surface area is 125 Å². The van der Waals surface area contributed by atoms with Crippen molar-refractivity contribution in [3.05, 3.63) is 17.5 Å². The Hall–Kier alpha value is -1.40. The van der Waals surface area contributed by atoms with Gasteiger partial charge in [-0.05, 0) is 32.7 Å². The van der Waals surface area contributed by atoms with Gasteiger partial charge in [0.15, 0.2) is 5.69 Å². The molecule has 0 aliphatic carbocycles. The van der Waals surface area contributed by atoms with E-state index in [2.05, 4.69) is 10.1 Å². The molecular weight excluding hydrogens is 270 g/mol. The molecule has 2 aliphatic rings. The summed E-state index contributed by atoms with van der Waals surface area (Å²) in [6.45, 7) is 7.16. The van der Waals surface area contributed by atoms with Crippen molar-refractivity contribution in [1.82, 2.24) is 15.0 Å². The lowest BCUT2D eigenvalue weighted by molar-refractivity contribution is 0.0699. The minimum Gasteiger partial charge on any atom is -0.377 e. The van der Waals surface area contributed by atoms with Gasteiger partial charge in [-0.1, -0.05) is 5.16 Å². The number of amides is 1. The Balaban J connectivity index is 1.53. The molecule has 1 aromatic heterocycles. The van der Waals surface area contributed by atoms with Gasteiger partial charge in [-0.15, -0.1) is 0 Å². The number of carbonyl (C=O) groups excluding carboxylic acids is 1. The normalized spacial score (nSPS) is 24.2. The average molecular weight is 293 g/mol. The molecule has 1 atom stereocenters. The zero-order chi connectivity index (χ0) is 14.7. The van der Waals surface area contributed by atoms with Crippen LogP contribution in [0.25, 0.3) is 0 Å². The summed E-state index contributed by atoms with van der Waals surface area (Å²) >= 11 is 0. The van der Waals surface area contributed by atoms with Gasteiger partial charge in [0.2, 0.25) is 0 Å². The predicted molar refractivity (Wildman–Crippen MR) is 77.2 cm³/mol. The summed E-state index contributed by atoms with van der Waals surface area (Å²) in [5, 5.41) is 3.82. The lowest BCUT2D eigenvalue weighted by Crippen LogP contribution is -2.37. The van der Waals surface area contributed by atoms with Crippen LogP contribution in [0.4, 0.5) is 0 Å². The molecule has 6 nitrogen and oxygen atoms in total. The van der Waals surface area contributed by atoms with Gasteiger partial charge in [-0.25, -0.2) is 0 Å². The topological polar surface area (TPSA) is 58.8 Å². The molecule has 116 valence electrons. The van der Waals surface area contributed by atoms with Gasteiger partial charge in [0, 0.05) is 38.9 Å². The van der Waals surface area contributed by atoms with Gasteiger partial charge in [-0.2, -0.15) is 0 Å². The second-order valence-corrected chi connectivity index (χ2v) is 5.90. The van der Waals surface area contributed by atoms with Gasteiger partial charge in [0.05, 0.1) is 6.10 Å². The number of carbonyl (C=O) groups is 1. The van der Waals surface area contributed by atoms with Crippen LogP contribution in [0, 0.1) is 6.92 Å². The highest BCUT2D eigenvalue weighted by atomic mass is 16.5. The molecule has 0 N–H and O–H groups in total. The maximum absolute atomic E-state index is 12.4. The first-order valence-corrected chi connectivity index (χ1v) is 7.79. The van der Waals surface area contributed by atoms with E-state index in [9.17, 15) is 4.79 Å². The van der Waals surface area contributed by atoms with Gasteiger partial charge >= 0.3 is 0 Å². The molecule has 2 aliphatic heterocycles. The number of aryl methyl sites for hydroxylation is 1. The smallest absolute Gasteiger partial charge is 0.276 e. The van der Waals surface area contributed by atoms with Crippen LogP contribution in [-0.4, -0.2) is 66.3 Å². The summed E-state index contributed by atoms with van der Waals surface area (Å²) in [6, 6.07) is 1.71. The summed E-state index contributed by atoms with van der Waals surface area (Å²) in [4.78, 5) is 16.7. The molecular formula is C15H23N3O3. The number of hydrogen-bond donors (Lipinski definition) is 0. The molecule has 2 saturated heterocycles. The highest BCUT2D eigenvalue weighted by Crippen LogP contribution is 2.15. The van der Waals surface area contributed by atoms with Gasteiger partial charge < -0.3 is 14.2 Å². The Kier molecular flexibility index (Phi) is 4.55. The molecule has 0 bridgehead atoms. The maximum atomic E-state index is 12.4. The highest BCUT2D eigenvalue weighted by molar-refractivity contribution is 5.92. The predicted octanol–water partition coefficient (Wildman–Crippen LogP) is 1.31. The van der Waals surface area contributed by atoms with Crippen molar-refractivity contribution in [2.45, 2.75) is 32.3 Å². The second kappa shape index (κ2) is 6.58. The lowest BCUT2D eigenvalue weighted by Gasteiger charge is -2.23. The summed E-state index contributed by atoms with van der Waals surface area (Å²) in [5.41, 5.74) is 0.417. The van der Waals surface area contributed by atoms with Crippen LogP contribution in [0.2, 0.25) is 0 Å². The third kappa shape index (κ3) is 3.63. The zero-order valence-corrected chi connectivity index (χ0v) is 12.6. The molecule has 0 saturated carbocycles. The third-order valence-electron chi connectivity index (χ3n) is 4.21. The Morgan fingerprint density at radius 3 is 2.95 bits per heavy atom. The summed E-state index contributed by atoms with van der Waals surface area (Å²) in [6.07, 6.45) is 3.71. The molecule has 2 fully saturated rings. The summed E-state index contributed by atoms with van der Waals surface area (Å²) in [5.74, 6) is 0.652. The van der Waals surface area contributed by atoms with Crippen LogP contribution in [0.3, 0.4) is 0 Å². The van der Waals surface area contributed by atoms with E-state index in [1.807, 2.05) is 4.90 Å². The first-order chi connectivity index (χ1) is 10.2. The van der Waals surface area contributed by atoms with Crippen molar-refractivity contribution >= 4 is 5.91 Å². The second-order valence-electron chi connectivity index (χ2n) is 5.90. The number of rotatable bonds is 3. The molecule has 1 aromatic rings. The Morgan fingerprint density at radius 1 is 1.33 bits per heavy atom. The lowest BCUT2D eigenvalue weighted by atomic mass is 10.2. The van der Waals surface area contributed by atoms with Crippen LogP contribution < -0.4 is 0 Å². The van der Waals surface area contributed by atoms with E-state index in [1.54, 1.807) is 13.0 Å². The fourth-order valence-electron chi connectivity index (χ4n) is 3.06. The molecule has 6 heteroatoms. The summed E-state index contributed by atoms with van der Waals surface area (Å²) < 4.78 is 10.7. The van der Waals surface area contributed by atoms with Crippen molar-refractivity contribution in [1.29, 1.82) is 0 Å². The van der Waals surface area contributed by atoms with Gasteiger partial charge in [-0.3, -0.25) is 9.69 Å². The standard InChI is InChI=1S/C15H23N3O3/c1-12-10-14(16-21-12)15(19)18-6-3-5-17(7-8-18)11-13-4-2-9-20-13/h10,13H,2-9,11H2,1H3/t13-/m0/s1. The van der Waals surface area contributed by atoms with Crippen molar-refractivity contribution in [2.24, 2.45) is 0 Å². The fraction of sp³-hybridized carbons (Fsp3) is 0.733. The number of nitrogens with zero attached hydrogens (tertiary/aromatic N) is 3. The monoisotopic (exact) mass is 293 g/mol. The molecule has 0 radical (unpaired) electrons. The van der Waals surface area contributed by atoms with Crippen LogP contribution in [0.5, 0.6) is 0 Å². The van der Waals surface area contributed by atoms with Crippen molar-refractivity contribution in [3.63, 3.8) is 0 Å². The van der Waals surface area contributed by atoms with Crippen LogP contribution in [0.1, 0.15) is 35.5 Å². The summed E-state index contributed by atoms with van der Waals surface area (Å²) in [7, 11) is 0. The van der Waals surface area contributed by atoms with Gasteiger partial charge in [0.25, 0.3) is 5.91 Å². The first kappa shape index (κ1) is 14.5. The molecule has 21 heavy (non-hydrogen) atoms. The number of ether oxygens (including phenoxy) is 1. The maximum Gasteiger partial charge on any atom is 0.276 e. The van der Waals surface area contributed by atoms with Crippen LogP contribution >= 0.6 is 0 Å². The first-order valence-electron chi connectivity index (χ1n) is 7.79. The van der Waals surface area contributed by atoms with Crippen molar-refractivity contribution < 1.29 is 14.1 Å². The molecule has 3 heterocycles. The van der Waals surface area contributed by atoms with E-state index in [4.69, 9.17) is 9.26 Å². The number of aromatic nitrogens is 1. The van der Waals surface area contributed by atoms with E-state index in [0.29, 0.717) is 17.6 Å². The molecule has 1 amide bonds. The van der Waals surface area contributed by atoms with Crippen LogP contribution in [0.15, 0.2) is 10.6 Å². The highest BCUT2D eigenvalue weighted by Gasteiger charge is 2.25. The SMILES string of the molecule is Cc1cc(C(=O)N2CCCN(C[C@@H]3CCCO3)CC2)no1. The third-order valence-corrected chi connectivity index (χ3v) is 4.21. The van der Waals surface area contributed by atoms with Gasteiger partial charge in [0.1, 0.15) is 5.76 Å². The van der Waals surface area contributed by atoms with E-state index < -0.39 is 0 Å².